The lowest BCUT2D eigenvalue weighted by Crippen LogP contribution is -2.39. The Bertz CT molecular complexity index is 742. The average Bonchev–Trinajstić information content (AvgIpc) is 2.98. The molecule has 2 aromatic rings. The van der Waals surface area contributed by atoms with Crippen LogP contribution < -0.4 is 4.74 Å². The molecule has 1 aliphatic heterocycles. The number of nitrogens with zero attached hydrogens (tertiary/aromatic N) is 1. The normalized spacial score (nSPS) is 17.8. The van der Waals surface area contributed by atoms with Crippen molar-refractivity contribution in [2.24, 2.45) is 5.41 Å². The number of aromatic nitrogens is 1. The van der Waals surface area contributed by atoms with Crippen LogP contribution in [0.3, 0.4) is 0 Å². The van der Waals surface area contributed by atoms with E-state index < -0.39 is 0 Å². The molecule has 5 nitrogen and oxygen atoms in total. The van der Waals surface area contributed by atoms with E-state index in [1.165, 1.54) is 0 Å². The molecule has 0 atom stereocenters. The fraction of sp³-hybridized carbons (Fsp3) is 0.550. The first-order valence-electron chi connectivity index (χ1n) is 9.00. The van der Waals surface area contributed by atoms with E-state index in [4.69, 9.17) is 9.47 Å². The van der Waals surface area contributed by atoms with E-state index in [0.29, 0.717) is 12.2 Å². The molecule has 0 bridgehead atoms. The molecule has 1 aliphatic rings. The van der Waals surface area contributed by atoms with Crippen LogP contribution in [0.1, 0.15) is 44.0 Å². The summed E-state index contributed by atoms with van der Waals surface area (Å²) in [5, 5.41) is 0.844. The number of ether oxygens (including phenoxy) is 2. The lowest BCUT2D eigenvalue weighted by atomic mass is 9.81. The van der Waals surface area contributed by atoms with E-state index in [2.05, 4.69) is 23.9 Å². The summed E-state index contributed by atoms with van der Waals surface area (Å²) in [6, 6.07) is 5.75. The second kappa shape index (κ2) is 7.08. The van der Waals surface area contributed by atoms with Crippen molar-refractivity contribution >= 4 is 16.9 Å². The summed E-state index contributed by atoms with van der Waals surface area (Å²) in [6.45, 7) is 8.75. The Kier molecular flexibility index (Phi) is 5.04. The van der Waals surface area contributed by atoms with E-state index in [9.17, 15) is 4.79 Å². The number of fused-ring (bicyclic) bond motifs is 1. The molecule has 0 saturated carbocycles. The first kappa shape index (κ1) is 17.8. The number of hydrogen-bond donors (Lipinski definition) is 1. The highest BCUT2D eigenvalue weighted by molar-refractivity contribution is 6.04. The molecule has 1 aromatic carbocycles. The average molecular weight is 344 g/mol. The van der Waals surface area contributed by atoms with Crippen LogP contribution in [-0.2, 0) is 4.74 Å². The summed E-state index contributed by atoms with van der Waals surface area (Å²) in [4.78, 5) is 18.1. The summed E-state index contributed by atoms with van der Waals surface area (Å²) in [6.07, 6.45) is 3.92. The number of carbonyl (C=O) groups excluding carboxylic acids is 1. The molecular formula is C20H28N2O3. The summed E-state index contributed by atoms with van der Waals surface area (Å²) in [5.41, 5.74) is 1.55. The molecule has 1 aromatic heterocycles. The lowest BCUT2D eigenvalue weighted by Gasteiger charge is -2.37. The number of H-pyrrole nitrogens is 1. The Morgan fingerprint density at radius 2 is 2.04 bits per heavy atom. The minimum absolute atomic E-state index is 0.0696. The van der Waals surface area contributed by atoms with Gasteiger partial charge in [-0.2, -0.15) is 0 Å². The number of aromatic amines is 1. The number of rotatable bonds is 5. The van der Waals surface area contributed by atoms with E-state index in [-0.39, 0.29) is 17.5 Å². The van der Waals surface area contributed by atoms with Gasteiger partial charge in [0.05, 0.1) is 18.3 Å². The highest BCUT2D eigenvalue weighted by Gasteiger charge is 2.30. The molecule has 0 unspecified atom stereocenters. The second-order valence-electron chi connectivity index (χ2n) is 7.77. The van der Waals surface area contributed by atoms with Crippen LogP contribution in [0.5, 0.6) is 5.75 Å². The van der Waals surface area contributed by atoms with Gasteiger partial charge in [0.15, 0.2) is 0 Å². The minimum atomic E-state index is -0.270. The molecule has 1 fully saturated rings. The van der Waals surface area contributed by atoms with Gasteiger partial charge in [0.25, 0.3) is 0 Å². The first-order valence-corrected chi connectivity index (χ1v) is 9.00. The van der Waals surface area contributed by atoms with Crippen molar-refractivity contribution in [1.29, 1.82) is 0 Å². The Morgan fingerprint density at radius 3 is 2.72 bits per heavy atom. The van der Waals surface area contributed by atoms with Crippen LogP contribution in [0.15, 0.2) is 24.4 Å². The third-order valence-corrected chi connectivity index (χ3v) is 4.99. The molecule has 1 N–H and O–H groups in total. The van der Waals surface area contributed by atoms with Crippen molar-refractivity contribution in [3.8, 4) is 5.75 Å². The number of benzene rings is 1. The molecule has 0 radical (unpaired) electrons. The van der Waals surface area contributed by atoms with E-state index in [0.717, 1.165) is 42.6 Å². The number of carbonyl (C=O) groups is 1. The van der Waals surface area contributed by atoms with Crippen LogP contribution in [0.25, 0.3) is 10.9 Å². The van der Waals surface area contributed by atoms with Crippen molar-refractivity contribution in [2.45, 2.75) is 39.7 Å². The van der Waals surface area contributed by atoms with Crippen molar-refractivity contribution in [1.82, 2.24) is 9.88 Å². The number of likely N-dealkylation sites (tertiary alicyclic amines) is 1. The van der Waals surface area contributed by atoms with Crippen molar-refractivity contribution in [3.05, 3.63) is 30.0 Å². The van der Waals surface area contributed by atoms with E-state index in [1.54, 1.807) is 6.20 Å². The van der Waals surface area contributed by atoms with Gasteiger partial charge in [0, 0.05) is 22.5 Å². The van der Waals surface area contributed by atoms with Crippen LogP contribution in [0, 0.1) is 5.41 Å². The zero-order valence-corrected chi connectivity index (χ0v) is 15.6. The van der Waals surface area contributed by atoms with Gasteiger partial charge >= 0.3 is 5.97 Å². The Labute approximate surface area is 149 Å². The topological polar surface area (TPSA) is 54.6 Å². The molecule has 0 amide bonds. The van der Waals surface area contributed by atoms with Crippen LogP contribution in [-0.4, -0.2) is 48.7 Å². The number of piperidine rings is 1. The van der Waals surface area contributed by atoms with Gasteiger partial charge in [-0.15, -0.1) is 0 Å². The predicted molar refractivity (Wildman–Crippen MR) is 99.2 cm³/mol. The molecule has 0 aliphatic carbocycles. The van der Waals surface area contributed by atoms with Gasteiger partial charge in [0.1, 0.15) is 5.75 Å². The maximum atomic E-state index is 12.6. The molecular weight excluding hydrogens is 316 g/mol. The van der Waals surface area contributed by atoms with Gasteiger partial charge in [0.2, 0.25) is 0 Å². The molecule has 3 rings (SSSR count). The van der Waals surface area contributed by atoms with Gasteiger partial charge in [-0.3, -0.25) is 0 Å². The largest absolute Gasteiger partial charge is 0.491 e. The van der Waals surface area contributed by atoms with Crippen LogP contribution in [0.4, 0.5) is 0 Å². The van der Waals surface area contributed by atoms with Gasteiger partial charge < -0.3 is 19.4 Å². The lowest BCUT2D eigenvalue weighted by molar-refractivity contribution is 0.0158. The summed E-state index contributed by atoms with van der Waals surface area (Å²) < 4.78 is 11.4. The highest BCUT2D eigenvalue weighted by Crippen LogP contribution is 2.31. The highest BCUT2D eigenvalue weighted by atomic mass is 16.5. The maximum Gasteiger partial charge on any atom is 0.340 e. The minimum Gasteiger partial charge on any atom is -0.491 e. The summed E-state index contributed by atoms with van der Waals surface area (Å²) in [7, 11) is 2.13. The molecule has 136 valence electrons. The third kappa shape index (κ3) is 4.15. The van der Waals surface area contributed by atoms with Crippen molar-refractivity contribution in [2.75, 3.05) is 26.7 Å². The Hall–Kier alpha value is -2.01. The fourth-order valence-electron chi connectivity index (χ4n) is 3.23. The maximum absolute atomic E-state index is 12.6. The standard InChI is InChI=1S/C20H28N2O3/c1-14(2)25-15-5-6-18-16(11-15)17(12-21-18)19(23)24-13-20(3)7-9-22(4)10-8-20/h5-6,11-12,14,21H,7-10,13H2,1-4H3. The predicted octanol–water partition coefficient (Wildman–Crippen LogP) is 3.84. The zero-order chi connectivity index (χ0) is 18.0. The molecule has 1 saturated heterocycles. The van der Waals surface area contributed by atoms with E-state index >= 15 is 0 Å². The second-order valence-corrected chi connectivity index (χ2v) is 7.77. The van der Waals surface area contributed by atoms with Crippen LogP contribution >= 0.6 is 0 Å². The summed E-state index contributed by atoms with van der Waals surface area (Å²) in [5.74, 6) is 0.492. The first-order chi connectivity index (χ1) is 11.9. The molecule has 2 heterocycles. The smallest absolute Gasteiger partial charge is 0.340 e. The molecule has 25 heavy (non-hydrogen) atoms. The van der Waals surface area contributed by atoms with Gasteiger partial charge in [-0.25, -0.2) is 4.79 Å². The monoisotopic (exact) mass is 344 g/mol. The summed E-state index contributed by atoms with van der Waals surface area (Å²) >= 11 is 0. The van der Waals surface area contributed by atoms with Gasteiger partial charge in [-0.1, -0.05) is 6.92 Å². The number of nitrogens with one attached hydrogen (secondary N) is 1. The molecule has 5 heteroatoms. The zero-order valence-electron chi connectivity index (χ0n) is 15.6. The third-order valence-electron chi connectivity index (χ3n) is 4.99. The van der Waals surface area contributed by atoms with Crippen molar-refractivity contribution < 1.29 is 14.3 Å². The fourth-order valence-corrected chi connectivity index (χ4v) is 3.23. The van der Waals surface area contributed by atoms with Crippen LogP contribution in [0.2, 0.25) is 0 Å². The van der Waals surface area contributed by atoms with E-state index in [1.807, 2.05) is 32.0 Å². The molecule has 0 spiro atoms. The SMILES string of the molecule is CC(C)Oc1ccc2[nH]cc(C(=O)OCC3(C)CCN(C)CC3)c2c1. The number of hydrogen-bond acceptors (Lipinski definition) is 4. The Balaban J connectivity index is 1.71. The quantitative estimate of drug-likeness (QED) is 0.837. The van der Waals surface area contributed by atoms with Crippen molar-refractivity contribution in [3.63, 3.8) is 0 Å². The number of esters is 1. The van der Waals surface area contributed by atoms with Gasteiger partial charge in [-0.05, 0) is 65.0 Å². The Morgan fingerprint density at radius 1 is 1.32 bits per heavy atom.